The van der Waals surface area contributed by atoms with Crippen molar-refractivity contribution in [3.63, 3.8) is 0 Å². The first kappa shape index (κ1) is 13.4. The zero-order chi connectivity index (χ0) is 11.2. The topological polar surface area (TPSA) is 64.3 Å². The zero-order valence-electron chi connectivity index (χ0n) is 9.59. The van der Waals surface area contributed by atoms with Crippen LogP contribution < -0.4 is 11.1 Å². The molecule has 0 spiro atoms. The number of ether oxygens (including phenoxy) is 1. The molecule has 0 aromatic rings. The number of hydrogen-bond acceptors (Lipinski definition) is 4. The molecule has 0 radical (unpaired) electrons. The average Bonchev–Trinajstić information content (AvgIpc) is 2.00. The quantitative estimate of drug-likeness (QED) is 0.515. The molecule has 0 aromatic heterocycles. The Morgan fingerprint density at radius 2 is 2.07 bits per heavy atom. The molecule has 4 heteroatoms. The number of carbonyl (C=O) groups excluding carboxylic acids is 1. The lowest BCUT2D eigenvalue weighted by molar-refractivity contribution is -0.154. The van der Waals surface area contributed by atoms with E-state index in [-0.39, 0.29) is 17.7 Å². The fourth-order valence-electron chi connectivity index (χ4n) is 1.00. The summed E-state index contributed by atoms with van der Waals surface area (Å²) in [6.07, 6.45) is 1.96. The summed E-state index contributed by atoms with van der Waals surface area (Å²) >= 11 is 0. The SMILES string of the molecule is CN[C@H](N)CCCC(=O)OC(C)(C)C. The van der Waals surface area contributed by atoms with Crippen LogP contribution in [0.15, 0.2) is 0 Å². The van der Waals surface area contributed by atoms with Gasteiger partial charge in [0.15, 0.2) is 0 Å². The van der Waals surface area contributed by atoms with Gasteiger partial charge in [0.25, 0.3) is 0 Å². The first-order chi connectivity index (χ1) is 6.35. The summed E-state index contributed by atoms with van der Waals surface area (Å²) in [6, 6.07) is 0. The summed E-state index contributed by atoms with van der Waals surface area (Å²) in [5.41, 5.74) is 5.24. The smallest absolute Gasteiger partial charge is 0.306 e. The number of rotatable bonds is 5. The Morgan fingerprint density at radius 3 is 2.50 bits per heavy atom. The highest BCUT2D eigenvalue weighted by Crippen LogP contribution is 2.09. The maximum Gasteiger partial charge on any atom is 0.306 e. The van der Waals surface area contributed by atoms with Crippen LogP contribution in [0.2, 0.25) is 0 Å². The van der Waals surface area contributed by atoms with Crippen molar-refractivity contribution in [3.8, 4) is 0 Å². The predicted octanol–water partition coefficient (Wildman–Crippen LogP) is 1.00. The minimum absolute atomic E-state index is 0.0302. The molecule has 14 heavy (non-hydrogen) atoms. The van der Waals surface area contributed by atoms with Gasteiger partial charge in [-0.05, 0) is 40.7 Å². The van der Waals surface area contributed by atoms with E-state index >= 15 is 0 Å². The van der Waals surface area contributed by atoms with Gasteiger partial charge in [0.05, 0.1) is 6.17 Å². The molecule has 0 unspecified atom stereocenters. The largest absolute Gasteiger partial charge is 0.460 e. The number of carbonyl (C=O) groups is 1. The van der Waals surface area contributed by atoms with E-state index in [0.29, 0.717) is 6.42 Å². The van der Waals surface area contributed by atoms with E-state index in [1.807, 2.05) is 20.8 Å². The monoisotopic (exact) mass is 202 g/mol. The standard InChI is InChI=1S/C10H22N2O2/c1-10(2,3)14-9(13)7-5-6-8(11)12-4/h8,12H,5-7,11H2,1-4H3/t8-/m0/s1. The summed E-state index contributed by atoms with van der Waals surface area (Å²) in [5, 5.41) is 2.91. The molecule has 84 valence electrons. The summed E-state index contributed by atoms with van der Waals surface area (Å²) in [6.45, 7) is 5.60. The fraction of sp³-hybridized carbons (Fsp3) is 0.900. The number of nitrogens with one attached hydrogen (secondary N) is 1. The molecule has 0 aliphatic heterocycles. The van der Waals surface area contributed by atoms with Gasteiger partial charge in [-0.3, -0.25) is 4.79 Å². The average molecular weight is 202 g/mol. The van der Waals surface area contributed by atoms with Crippen LogP contribution in [0.1, 0.15) is 40.0 Å². The predicted molar refractivity (Wildman–Crippen MR) is 56.7 cm³/mol. The van der Waals surface area contributed by atoms with Crippen molar-refractivity contribution in [2.24, 2.45) is 5.73 Å². The molecule has 0 aliphatic rings. The lowest BCUT2D eigenvalue weighted by Crippen LogP contribution is -2.34. The van der Waals surface area contributed by atoms with Crippen LogP contribution in [0.3, 0.4) is 0 Å². The first-order valence-electron chi connectivity index (χ1n) is 5.00. The van der Waals surface area contributed by atoms with Crippen LogP contribution in [-0.4, -0.2) is 24.8 Å². The lowest BCUT2D eigenvalue weighted by Gasteiger charge is -2.19. The minimum Gasteiger partial charge on any atom is -0.460 e. The van der Waals surface area contributed by atoms with Crippen molar-refractivity contribution >= 4 is 5.97 Å². The Hall–Kier alpha value is -0.610. The molecule has 0 aliphatic carbocycles. The maximum absolute atomic E-state index is 11.2. The molecule has 4 nitrogen and oxygen atoms in total. The van der Waals surface area contributed by atoms with Crippen molar-refractivity contribution in [2.75, 3.05) is 7.05 Å². The Morgan fingerprint density at radius 1 is 1.50 bits per heavy atom. The summed E-state index contributed by atoms with van der Waals surface area (Å²) in [7, 11) is 1.80. The molecule has 0 aromatic carbocycles. The number of nitrogens with two attached hydrogens (primary N) is 1. The zero-order valence-corrected chi connectivity index (χ0v) is 9.59. The van der Waals surface area contributed by atoms with Crippen LogP contribution in [-0.2, 0) is 9.53 Å². The van der Waals surface area contributed by atoms with Gasteiger partial charge in [0.2, 0.25) is 0 Å². The third-order valence-electron chi connectivity index (χ3n) is 1.69. The molecule has 3 N–H and O–H groups in total. The van der Waals surface area contributed by atoms with Crippen LogP contribution in [0.25, 0.3) is 0 Å². The number of hydrogen-bond donors (Lipinski definition) is 2. The van der Waals surface area contributed by atoms with E-state index in [2.05, 4.69) is 5.32 Å². The van der Waals surface area contributed by atoms with Crippen molar-refractivity contribution in [3.05, 3.63) is 0 Å². The van der Waals surface area contributed by atoms with Crippen molar-refractivity contribution < 1.29 is 9.53 Å². The first-order valence-corrected chi connectivity index (χ1v) is 5.00. The number of esters is 1. The molecular weight excluding hydrogens is 180 g/mol. The third-order valence-corrected chi connectivity index (χ3v) is 1.69. The van der Waals surface area contributed by atoms with Crippen LogP contribution in [0, 0.1) is 0 Å². The van der Waals surface area contributed by atoms with Crippen LogP contribution >= 0.6 is 0 Å². The normalized spacial score (nSPS) is 13.8. The van der Waals surface area contributed by atoms with Gasteiger partial charge in [0, 0.05) is 6.42 Å². The van der Waals surface area contributed by atoms with E-state index < -0.39 is 0 Å². The lowest BCUT2D eigenvalue weighted by atomic mass is 10.2. The van der Waals surface area contributed by atoms with Gasteiger partial charge < -0.3 is 15.8 Å². The maximum atomic E-state index is 11.2. The Kier molecular flexibility index (Phi) is 5.72. The van der Waals surface area contributed by atoms with E-state index in [1.54, 1.807) is 7.05 Å². The van der Waals surface area contributed by atoms with Crippen molar-refractivity contribution in [1.29, 1.82) is 0 Å². The molecule has 0 saturated carbocycles. The Labute approximate surface area is 86.2 Å². The summed E-state index contributed by atoms with van der Waals surface area (Å²) < 4.78 is 5.15. The highest BCUT2D eigenvalue weighted by molar-refractivity contribution is 5.69. The molecule has 0 fully saturated rings. The van der Waals surface area contributed by atoms with Gasteiger partial charge >= 0.3 is 5.97 Å². The third kappa shape index (κ3) is 8.01. The molecule has 0 heterocycles. The van der Waals surface area contributed by atoms with E-state index in [9.17, 15) is 4.79 Å². The highest BCUT2D eigenvalue weighted by atomic mass is 16.6. The molecule has 1 atom stereocenters. The molecule has 0 amide bonds. The van der Waals surface area contributed by atoms with Crippen molar-refractivity contribution in [2.45, 2.75) is 51.8 Å². The summed E-state index contributed by atoms with van der Waals surface area (Å²) in [5.74, 6) is -0.152. The fourth-order valence-corrected chi connectivity index (χ4v) is 1.00. The van der Waals surface area contributed by atoms with Gasteiger partial charge in [-0.1, -0.05) is 0 Å². The van der Waals surface area contributed by atoms with Crippen molar-refractivity contribution in [1.82, 2.24) is 5.32 Å². The van der Waals surface area contributed by atoms with Gasteiger partial charge in [-0.2, -0.15) is 0 Å². The Balaban J connectivity index is 3.55. The highest BCUT2D eigenvalue weighted by Gasteiger charge is 2.15. The second-order valence-electron chi connectivity index (χ2n) is 4.37. The van der Waals surface area contributed by atoms with E-state index in [0.717, 1.165) is 12.8 Å². The van der Waals surface area contributed by atoms with Crippen LogP contribution in [0.4, 0.5) is 0 Å². The second-order valence-corrected chi connectivity index (χ2v) is 4.37. The van der Waals surface area contributed by atoms with Gasteiger partial charge in [-0.15, -0.1) is 0 Å². The molecule has 0 bridgehead atoms. The molecule has 0 rings (SSSR count). The molecular formula is C10H22N2O2. The van der Waals surface area contributed by atoms with Crippen LogP contribution in [0.5, 0.6) is 0 Å². The van der Waals surface area contributed by atoms with E-state index in [1.165, 1.54) is 0 Å². The van der Waals surface area contributed by atoms with Gasteiger partial charge in [0.1, 0.15) is 5.60 Å². The second kappa shape index (κ2) is 5.98. The van der Waals surface area contributed by atoms with E-state index in [4.69, 9.17) is 10.5 Å². The minimum atomic E-state index is -0.387. The Bertz CT molecular complexity index is 175. The van der Waals surface area contributed by atoms with Gasteiger partial charge in [-0.25, -0.2) is 0 Å². The summed E-state index contributed by atoms with van der Waals surface area (Å²) in [4.78, 5) is 11.2. The molecule has 0 saturated heterocycles.